The molecule has 0 saturated carbocycles. The van der Waals surface area contributed by atoms with Gasteiger partial charge in [0.1, 0.15) is 5.82 Å². The Kier molecular flexibility index (Phi) is 4.67. The van der Waals surface area contributed by atoms with E-state index >= 15 is 0 Å². The molecule has 1 unspecified atom stereocenters. The van der Waals surface area contributed by atoms with Crippen molar-refractivity contribution in [3.8, 4) is 0 Å². The molecule has 2 N–H and O–H groups in total. The number of carbonyl (C=O) groups excluding carboxylic acids is 1. The number of nitrogens with one attached hydrogen (secondary N) is 2. The number of halogens is 1. The first-order valence-corrected chi connectivity index (χ1v) is 7.86. The minimum atomic E-state index is -0.300. The highest BCUT2D eigenvalue weighted by Gasteiger charge is 2.18. The SMILES string of the molecule is CC(CC(=O)Nc1ccc2c(c1F)CCNC2)c1cccnc1. The molecule has 2 heterocycles. The van der Waals surface area contributed by atoms with E-state index in [9.17, 15) is 9.18 Å². The second-order valence-electron chi connectivity index (χ2n) is 5.93. The van der Waals surface area contributed by atoms with Gasteiger partial charge in [0, 0.05) is 25.4 Å². The summed E-state index contributed by atoms with van der Waals surface area (Å²) in [5.74, 6) is -0.450. The summed E-state index contributed by atoms with van der Waals surface area (Å²) in [6.07, 6.45) is 4.40. The van der Waals surface area contributed by atoms with E-state index in [1.165, 1.54) is 0 Å². The van der Waals surface area contributed by atoms with E-state index in [2.05, 4.69) is 15.6 Å². The largest absolute Gasteiger partial charge is 0.324 e. The molecule has 0 aliphatic carbocycles. The third kappa shape index (κ3) is 3.56. The van der Waals surface area contributed by atoms with Crippen LogP contribution in [0.2, 0.25) is 0 Å². The highest BCUT2D eigenvalue weighted by atomic mass is 19.1. The summed E-state index contributed by atoms with van der Waals surface area (Å²) in [7, 11) is 0. The molecule has 1 aromatic carbocycles. The van der Waals surface area contributed by atoms with Crippen molar-refractivity contribution in [2.45, 2.75) is 32.2 Å². The minimum Gasteiger partial charge on any atom is -0.324 e. The van der Waals surface area contributed by atoms with Crippen LogP contribution in [0.5, 0.6) is 0 Å². The molecular weight excluding hydrogens is 293 g/mol. The molecule has 0 bridgehead atoms. The number of amides is 1. The first-order valence-electron chi connectivity index (χ1n) is 7.86. The highest BCUT2D eigenvalue weighted by Crippen LogP contribution is 2.25. The molecular formula is C18H20FN3O. The first-order chi connectivity index (χ1) is 11.1. The smallest absolute Gasteiger partial charge is 0.225 e. The summed E-state index contributed by atoms with van der Waals surface area (Å²) < 4.78 is 14.5. The fourth-order valence-electron chi connectivity index (χ4n) is 2.89. The van der Waals surface area contributed by atoms with Crippen LogP contribution in [0.4, 0.5) is 10.1 Å². The summed E-state index contributed by atoms with van der Waals surface area (Å²) in [6.45, 7) is 3.41. The Balaban J connectivity index is 1.68. The lowest BCUT2D eigenvalue weighted by molar-refractivity contribution is -0.116. The maximum absolute atomic E-state index is 14.5. The van der Waals surface area contributed by atoms with Gasteiger partial charge in [0.05, 0.1) is 5.69 Å². The Morgan fingerprint density at radius 3 is 3.09 bits per heavy atom. The van der Waals surface area contributed by atoms with E-state index in [0.29, 0.717) is 24.9 Å². The van der Waals surface area contributed by atoms with Crippen molar-refractivity contribution in [2.75, 3.05) is 11.9 Å². The van der Waals surface area contributed by atoms with Crippen molar-refractivity contribution in [2.24, 2.45) is 0 Å². The normalized spacial score (nSPS) is 14.9. The molecule has 1 aromatic heterocycles. The van der Waals surface area contributed by atoms with Crippen LogP contribution in [0.3, 0.4) is 0 Å². The number of hydrogen-bond donors (Lipinski definition) is 2. The van der Waals surface area contributed by atoms with E-state index in [4.69, 9.17) is 0 Å². The Hall–Kier alpha value is -2.27. The number of anilines is 1. The van der Waals surface area contributed by atoms with Gasteiger partial charge >= 0.3 is 0 Å². The monoisotopic (exact) mass is 313 g/mol. The predicted octanol–water partition coefficient (Wildman–Crippen LogP) is 3.00. The zero-order valence-corrected chi connectivity index (χ0v) is 13.1. The van der Waals surface area contributed by atoms with E-state index in [-0.39, 0.29) is 23.3 Å². The van der Waals surface area contributed by atoms with Crippen molar-refractivity contribution in [3.63, 3.8) is 0 Å². The molecule has 3 rings (SSSR count). The molecule has 120 valence electrons. The maximum Gasteiger partial charge on any atom is 0.225 e. The quantitative estimate of drug-likeness (QED) is 0.912. The van der Waals surface area contributed by atoms with Gasteiger partial charge in [0.25, 0.3) is 0 Å². The van der Waals surface area contributed by atoms with Crippen molar-refractivity contribution in [1.29, 1.82) is 0 Å². The van der Waals surface area contributed by atoms with Gasteiger partial charge in [0.15, 0.2) is 0 Å². The van der Waals surface area contributed by atoms with Crippen LogP contribution < -0.4 is 10.6 Å². The molecule has 23 heavy (non-hydrogen) atoms. The molecule has 4 nitrogen and oxygen atoms in total. The van der Waals surface area contributed by atoms with Gasteiger partial charge < -0.3 is 10.6 Å². The van der Waals surface area contributed by atoms with Crippen LogP contribution in [-0.2, 0) is 17.8 Å². The lowest BCUT2D eigenvalue weighted by atomic mass is 9.98. The second kappa shape index (κ2) is 6.87. The van der Waals surface area contributed by atoms with E-state index in [1.54, 1.807) is 18.5 Å². The lowest BCUT2D eigenvalue weighted by Gasteiger charge is -2.19. The van der Waals surface area contributed by atoms with Crippen molar-refractivity contribution >= 4 is 11.6 Å². The van der Waals surface area contributed by atoms with Crippen molar-refractivity contribution < 1.29 is 9.18 Å². The molecule has 5 heteroatoms. The van der Waals surface area contributed by atoms with E-state index in [1.807, 2.05) is 25.1 Å². The highest BCUT2D eigenvalue weighted by molar-refractivity contribution is 5.91. The molecule has 0 fully saturated rings. The van der Waals surface area contributed by atoms with Gasteiger partial charge in [0.2, 0.25) is 5.91 Å². The van der Waals surface area contributed by atoms with Crippen LogP contribution >= 0.6 is 0 Å². The van der Waals surface area contributed by atoms with Crippen molar-refractivity contribution in [3.05, 3.63) is 59.2 Å². The number of hydrogen-bond acceptors (Lipinski definition) is 3. The Morgan fingerprint density at radius 2 is 2.30 bits per heavy atom. The molecule has 0 saturated heterocycles. The third-order valence-corrected chi connectivity index (χ3v) is 4.23. The van der Waals surface area contributed by atoms with Gasteiger partial charge in [-0.2, -0.15) is 0 Å². The van der Waals surface area contributed by atoms with Gasteiger partial charge in [-0.3, -0.25) is 9.78 Å². The zero-order chi connectivity index (χ0) is 16.2. The van der Waals surface area contributed by atoms with E-state index in [0.717, 1.165) is 17.7 Å². The van der Waals surface area contributed by atoms with Gasteiger partial charge in [-0.25, -0.2) is 4.39 Å². The summed E-state index contributed by atoms with van der Waals surface area (Å²) in [6, 6.07) is 7.32. The van der Waals surface area contributed by atoms with Gasteiger partial charge in [-0.15, -0.1) is 0 Å². The Labute approximate surface area is 135 Å². The summed E-state index contributed by atoms with van der Waals surface area (Å²) >= 11 is 0. The minimum absolute atomic E-state index is 0.0357. The first kappa shape index (κ1) is 15.6. The van der Waals surface area contributed by atoms with Crippen LogP contribution in [-0.4, -0.2) is 17.4 Å². The third-order valence-electron chi connectivity index (χ3n) is 4.23. The van der Waals surface area contributed by atoms with Crippen molar-refractivity contribution in [1.82, 2.24) is 10.3 Å². The second-order valence-corrected chi connectivity index (χ2v) is 5.93. The number of carbonyl (C=O) groups is 1. The number of aromatic nitrogens is 1. The molecule has 0 spiro atoms. The van der Waals surface area contributed by atoms with Crippen LogP contribution in [0.1, 0.15) is 36.0 Å². The molecule has 1 aliphatic heterocycles. The predicted molar refractivity (Wildman–Crippen MR) is 87.7 cm³/mol. The number of benzene rings is 1. The average Bonchev–Trinajstić information content (AvgIpc) is 2.58. The van der Waals surface area contributed by atoms with Crippen LogP contribution in [0.15, 0.2) is 36.7 Å². The zero-order valence-electron chi connectivity index (χ0n) is 13.1. The summed E-state index contributed by atoms with van der Waals surface area (Å²) in [5, 5.41) is 5.92. The van der Waals surface area contributed by atoms with Crippen LogP contribution in [0.25, 0.3) is 0 Å². The summed E-state index contributed by atoms with van der Waals surface area (Å²) in [5.41, 5.74) is 2.95. The van der Waals surface area contributed by atoms with Gasteiger partial charge in [-0.05, 0) is 47.7 Å². The van der Waals surface area contributed by atoms with E-state index < -0.39 is 0 Å². The molecule has 1 aliphatic rings. The average molecular weight is 313 g/mol. The topological polar surface area (TPSA) is 54.0 Å². The number of rotatable bonds is 4. The Bertz CT molecular complexity index is 703. The number of nitrogens with zero attached hydrogens (tertiary/aromatic N) is 1. The molecule has 1 atom stereocenters. The Morgan fingerprint density at radius 1 is 1.43 bits per heavy atom. The molecule has 0 radical (unpaired) electrons. The number of fused-ring (bicyclic) bond motifs is 1. The standard InChI is InChI=1S/C18H20FN3O/c1-12(13-3-2-7-20-10-13)9-17(23)22-16-5-4-14-11-21-8-6-15(14)18(16)19/h2-5,7,10,12,21H,6,8-9,11H2,1H3,(H,22,23). The number of pyridine rings is 1. The summed E-state index contributed by atoms with van der Waals surface area (Å²) in [4.78, 5) is 16.3. The van der Waals surface area contributed by atoms with Crippen LogP contribution in [0, 0.1) is 5.82 Å². The molecule has 2 aromatic rings. The lowest BCUT2D eigenvalue weighted by Crippen LogP contribution is -2.25. The maximum atomic E-state index is 14.5. The fraction of sp³-hybridized carbons (Fsp3) is 0.333. The molecule has 1 amide bonds. The fourth-order valence-corrected chi connectivity index (χ4v) is 2.89. The van der Waals surface area contributed by atoms with Gasteiger partial charge in [-0.1, -0.05) is 19.1 Å².